The topological polar surface area (TPSA) is 37.3 Å². The Morgan fingerprint density at radius 3 is 2.71 bits per heavy atom. The smallest absolute Gasteiger partial charge is 0.163 e. The van der Waals surface area contributed by atoms with Gasteiger partial charge in [0.2, 0.25) is 0 Å². The number of phenolic OH excluding ortho intramolecular Hbond substituents is 1. The van der Waals surface area contributed by atoms with E-state index in [0.717, 1.165) is 12.0 Å². The zero-order valence-electron chi connectivity index (χ0n) is 7.92. The third-order valence-electron chi connectivity index (χ3n) is 3.56. The minimum absolute atomic E-state index is 0.188. The fraction of sp³-hybridized carbons (Fsp3) is 0.417. The van der Waals surface area contributed by atoms with Crippen molar-refractivity contribution in [3.63, 3.8) is 0 Å². The summed E-state index contributed by atoms with van der Waals surface area (Å²) < 4.78 is 0. The highest BCUT2D eigenvalue weighted by atomic mass is 16.3. The van der Waals surface area contributed by atoms with Crippen LogP contribution in [0, 0.1) is 0 Å². The summed E-state index contributed by atoms with van der Waals surface area (Å²) in [7, 11) is 0. The number of carbonyl (C=O) groups is 1. The summed E-state index contributed by atoms with van der Waals surface area (Å²) in [6, 6.07) is 5.24. The van der Waals surface area contributed by atoms with Gasteiger partial charge in [-0.25, -0.2) is 0 Å². The number of phenols is 1. The molecular weight excluding hydrogens is 176 g/mol. The van der Waals surface area contributed by atoms with Crippen LogP contribution >= 0.6 is 0 Å². The Morgan fingerprint density at radius 1 is 1.21 bits per heavy atom. The van der Waals surface area contributed by atoms with Crippen LogP contribution in [-0.4, -0.2) is 10.9 Å². The zero-order chi connectivity index (χ0) is 9.76. The second-order valence-corrected chi connectivity index (χ2v) is 4.43. The molecule has 1 fully saturated rings. The Hall–Kier alpha value is -1.31. The minimum atomic E-state index is 0.188. The van der Waals surface area contributed by atoms with E-state index in [1.54, 1.807) is 12.1 Å². The van der Waals surface area contributed by atoms with Crippen LogP contribution in [-0.2, 0) is 5.41 Å². The van der Waals surface area contributed by atoms with E-state index in [0.29, 0.717) is 11.8 Å². The van der Waals surface area contributed by atoms with Crippen molar-refractivity contribution in [2.24, 2.45) is 0 Å². The first kappa shape index (κ1) is 8.04. The molecule has 0 amide bonds. The van der Waals surface area contributed by atoms with Crippen molar-refractivity contribution in [1.82, 2.24) is 0 Å². The van der Waals surface area contributed by atoms with Gasteiger partial charge in [0.25, 0.3) is 0 Å². The summed E-state index contributed by atoms with van der Waals surface area (Å²) in [5, 5.41) is 9.34. The molecule has 2 nitrogen and oxygen atoms in total. The average molecular weight is 188 g/mol. The third-order valence-corrected chi connectivity index (χ3v) is 3.56. The van der Waals surface area contributed by atoms with Gasteiger partial charge in [0.05, 0.1) is 0 Å². The van der Waals surface area contributed by atoms with Crippen molar-refractivity contribution < 1.29 is 9.90 Å². The van der Waals surface area contributed by atoms with Gasteiger partial charge in [-0.05, 0) is 42.4 Å². The van der Waals surface area contributed by atoms with E-state index in [4.69, 9.17) is 0 Å². The summed E-state index contributed by atoms with van der Waals surface area (Å²) >= 11 is 0. The summed E-state index contributed by atoms with van der Waals surface area (Å²) in [5.74, 6) is 0.392. The molecule has 1 aromatic rings. The second-order valence-electron chi connectivity index (χ2n) is 4.43. The molecule has 14 heavy (non-hydrogen) atoms. The van der Waals surface area contributed by atoms with Gasteiger partial charge in [-0.2, -0.15) is 0 Å². The Kier molecular flexibility index (Phi) is 1.37. The van der Waals surface area contributed by atoms with Gasteiger partial charge in [-0.1, -0.05) is 6.07 Å². The lowest BCUT2D eigenvalue weighted by molar-refractivity contribution is 0.0964. The van der Waals surface area contributed by atoms with Crippen LogP contribution in [0.4, 0.5) is 0 Å². The van der Waals surface area contributed by atoms with Crippen LogP contribution in [0.25, 0.3) is 0 Å². The number of hydrogen-bond donors (Lipinski definition) is 1. The Labute approximate surface area is 82.6 Å². The van der Waals surface area contributed by atoms with E-state index in [1.807, 2.05) is 6.07 Å². The van der Waals surface area contributed by atoms with Crippen LogP contribution in [0.5, 0.6) is 5.75 Å². The molecule has 1 N–H and O–H groups in total. The maximum atomic E-state index is 11.6. The molecular formula is C12H12O2. The largest absolute Gasteiger partial charge is 0.508 e. The normalized spacial score (nSPS) is 22.1. The Morgan fingerprint density at radius 2 is 2.00 bits per heavy atom. The molecule has 0 atom stereocenters. The number of Topliss-reactive ketones (excluding diaryl/α,β-unsaturated/α-hetero) is 1. The molecule has 2 aliphatic carbocycles. The lowest BCUT2D eigenvalue weighted by atomic mass is 9.79. The van der Waals surface area contributed by atoms with Gasteiger partial charge >= 0.3 is 0 Å². The predicted molar refractivity (Wildman–Crippen MR) is 52.6 cm³/mol. The van der Waals surface area contributed by atoms with Crippen molar-refractivity contribution in [2.75, 3.05) is 0 Å². The highest BCUT2D eigenvalue weighted by Crippen LogP contribution is 2.55. The Balaban J connectivity index is 2.21. The maximum Gasteiger partial charge on any atom is 0.163 e. The van der Waals surface area contributed by atoms with Crippen molar-refractivity contribution in [2.45, 2.75) is 31.1 Å². The lowest BCUT2D eigenvalue weighted by Gasteiger charge is -2.24. The first-order chi connectivity index (χ1) is 6.71. The molecule has 1 saturated carbocycles. The van der Waals surface area contributed by atoms with Gasteiger partial charge < -0.3 is 5.11 Å². The number of carbonyl (C=O) groups excluding carboxylic acids is 1. The molecule has 0 aliphatic heterocycles. The minimum Gasteiger partial charge on any atom is -0.508 e. The summed E-state index contributed by atoms with van der Waals surface area (Å²) in [6.07, 6.45) is 4.07. The number of rotatable bonds is 0. The van der Waals surface area contributed by atoms with E-state index >= 15 is 0 Å². The van der Waals surface area contributed by atoms with Gasteiger partial charge in [0.1, 0.15) is 5.75 Å². The van der Waals surface area contributed by atoms with Crippen LogP contribution in [0.1, 0.15) is 41.6 Å². The van der Waals surface area contributed by atoms with Crippen LogP contribution < -0.4 is 0 Å². The first-order valence-electron chi connectivity index (χ1n) is 5.08. The molecule has 3 rings (SSSR count). The van der Waals surface area contributed by atoms with Gasteiger partial charge in [0.15, 0.2) is 5.78 Å². The first-order valence-corrected chi connectivity index (χ1v) is 5.08. The van der Waals surface area contributed by atoms with Crippen molar-refractivity contribution in [1.29, 1.82) is 0 Å². The maximum absolute atomic E-state index is 11.6. The Bertz CT molecular complexity index is 416. The van der Waals surface area contributed by atoms with E-state index in [9.17, 15) is 9.90 Å². The molecule has 2 aliphatic rings. The number of benzene rings is 1. The molecule has 1 aromatic carbocycles. The van der Waals surface area contributed by atoms with Crippen molar-refractivity contribution in [3.8, 4) is 5.75 Å². The predicted octanol–water partition coefficient (Wildman–Crippen LogP) is 2.40. The lowest BCUT2D eigenvalue weighted by Crippen LogP contribution is -2.20. The third kappa shape index (κ3) is 0.939. The molecule has 0 aromatic heterocycles. The van der Waals surface area contributed by atoms with E-state index in [-0.39, 0.29) is 11.5 Å². The van der Waals surface area contributed by atoms with Gasteiger partial charge in [-0.15, -0.1) is 0 Å². The van der Waals surface area contributed by atoms with E-state index in [2.05, 4.69) is 0 Å². The quantitative estimate of drug-likeness (QED) is 0.678. The van der Waals surface area contributed by atoms with Gasteiger partial charge in [0, 0.05) is 12.0 Å². The number of fused-ring (bicyclic) bond motifs is 2. The van der Waals surface area contributed by atoms with Crippen LogP contribution in [0.3, 0.4) is 0 Å². The molecule has 2 heteroatoms. The van der Waals surface area contributed by atoms with Gasteiger partial charge in [-0.3, -0.25) is 4.79 Å². The zero-order valence-corrected chi connectivity index (χ0v) is 7.92. The van der Waals surface area contributed by atoms with Crippen molar-refractivity contribution in [3.05, 3.63) is 29.3 Å². The van der Waals surface area contributed by atoms with E-state index in [1.165, 1.54) is 18.4 Å². The molecule has 0 saturated heterocycles. The fourth-order valence-corrected chi connectivity index (χ4v) is 2.52. The number of ketones is 1. The standard InChI is InChI=1S/C12H12O2/c13-8-1-2-10-9(7-8)11(14)3-4-12(10)5-6-12/h1-2,7,13H,3-6H2. The van der Waals surface area contributed by atoms with E-state index < -0.39 is 0 Å². The summed E-state index contributed by atoms with van der Waals surface area (Å²) in [6.45, 7) is 0. The monoisotopic (exact) mass is 188 g/mol. The number of aromatic hydroxyl groups is 1. The second kappa shape index (κ2) is 2.38. The summed E-state index contributed by atoms with van der Waals surface area (Å²) in [4.78, 5) is 11.6. The molecule has 0 unspecified atom stereocenters. The summed E-state index contributed by atoms with van der Waals surface area (Å²) in [5.41, 5.74) is 2.23. The molecule has 0 heterocycles. The molecule has 1 spiro atoms. The SMILES string of the molecule is O=C1CCC2(CC2)c2ccc(O)cc21. The van der Waals surface area contributed by atoms with Crippen LogP contribution in [0.15, 0.2) is 18.2 Å². The molecule has 0 bridgehead atoms. The fourth-order valence-electron chi connectivity index (χ4n) is 2.52. The molecule has 72 valence electrons. The average Bonchev–Trinajstić information content (AvgIpc) is 2.93. The number of hydrogen-bond acceptors (Lipinski definition) is 2. The highest BCUT2D eigenvalue weighted by Gasteiger charge is 2.48. The van der Waals surface area contributed by atoms with Crippen LogP contribution in [0.2, 0.25) is 0 Å². The highest BCUT2D eigenvalue weighted by molar-refractivity contribution is 5.99. The van der Waals surface area contributed by atoms with Crippen molar-refractivity contribution >= 4 is 5.78 Å². The molecule has 0 radical (unpaired) electrons.